The maximum absolute atomic E-state index is 12.5. The van der Waals surface area contributed by atoms with E-state index >= 15 is 0 Å². The lowest BCUT2D eigenvalue weighted by atomic mass is 9.95. The molecule has 2 atom stereocenters. The minimum absolute atomic E-state index is 0.0284. The lowest BCUT2D eigenvalue weighted by molar-refractivity contribution is -0.130. The Labute approximate surface area is 138 Å². The smallest absolute Gasteiger partial charge is 0.222 e. The molecule has 1 saturated heterocycles. The number of rotatable bonds is 4. The number of nitrogens with two attached hydrogens (primary N) is 1. The van der Waals surface area contributed by atoms with Gasteiger partial charge in [0.05, 0.1) is 0 Å². The van der Waals surface area contributed by atoms with Gasteiger partial charge in [0.1, 0.15) is 0 Å². The van der Waals surface area contributed by atoms with Crippen LogP contribution in [-0.2, 0) is 11.2 Å². The number of hydrogen-bond acceptors (Lipinski definition) is 2. The fourth-order valence-electron chi connectivity index (χ4n) is 3.25. The van der Waals surface area contributed by atoms with Crippen LogP contribution in [0.1, 0.15) is 29.0 Å². The molecule has 1 fully saturated rings. The molecule has 2 aromatic rings. The van der Waals surface area contributed by atoms with Gasteiger partial charge in [0.2, 0.25) is 5.91 Å². The van der Waals surface area contributed by atoms with Crippen LogP contribution in [0.15, 0.2) is 54.6 Å². The minimum Gasteiger partial charge on any atom is -0.340 e. The average molecular weight is 308 g/mol. The number of amides is 1. The standard InChI is InChI=1S/C20H24N2O/c1-15-7-9-16(10-8-15)11-12-20(23)22-13-18(19(21)14-22)17-5-3-2-4-6-17/h2-10,18-19H,11-14,21H2,1H3/t18-,19+/m0/s1. The van der Waals surface area contributed by atoms with Gasteiger partial charge >= 0.3 is 0 Å². The van der Waals surface area contributed by atoms with Crippen LogP contribution in [0, 0.1) is 6.92 Å². The van der Waals surface area contributed by atoms with Gasteiger partial charge in [0.25, 0.3) is 0 Å². The molecule has 0 aromatic heterocycles. The van der Waals surface area contributed by atoms with E-state index in [9.17, 15) is 4.79 Å². The first-order valence-corrected chi connectivity index (χ1v) is 8.27. The Balaban J connectivity index is 1.57. The SMILES string of the molecule is Cc1ccc(CCC(=O)N2C[C@@H](N)[C@H](c3ccccc3)C2)cc1. The van der Waals surface area contributed by atoms with Crippen molar-refractivity contribution in [2.75, 3.05) is 13.1 Å². The van der Waals surface area contributed by atoms with Crippen molar-refractivity contribution in [2.24, 2.45) is 5.73 Å². The van der Waals surface area contributed by atoms with Crippen molar-refractivity contribution in [3.05, 3.63) is 71.3 Å². The molecule has 3 heteroatoms. The Morgan fingerprint density at radius 3 is 2.48 bits per heavy atom. The van der Waals surface area contributed by atoms with Crippen molar-refractivity contribution < 1.29 is 4.79 Å². The second-order valence-electron chi connectivity index (χ2n) is 6.47. The van der Waals surface area contributed by atoms with E-state index in [1.54, 1.807) is 0 Å². The second kappa shape index (κ2) is 6.97. The number of nitrogens with zero attached hydrogens (tertiary/aromatic N) is 1. The van der Waals surface area contributed by atoms with Crippen molar-refractivity contribution in [3.8, 4) is 0 Å². The Hall–Kier alpha value is -2.13. The topological polar surface area (TPSA) is 46.3 Å². The van der Waals surface area contributed by atoms with Gasteiger partial charge in [0.15, 0.2) is 0 Å². The van der Waals surface area contributed by atoms with Gasteiger partial charge in [-0.1, -0.05) is 60.2 Å². The van der Waals surface area contributed by atoms with Crippen LogP contribution in [0.5, 0.6) is 0 Å². The number of benzene rings is 2. The van der Waals surface area contributed by atoms with E-state index in [2.05, 4.69) is 43.3 Å². The highest BCUT2D eigenvalue weighted by molar-refractivity contribution is 5.77. The third kappa shape index (κ3) is 3.80. The quantitative estimate of drug-likeness (QED) is 0.944. The fourth-order valence-corrected chi connectivity index (χ4v) is 3.25. The van der Waals surface area contributed by atoms with Gasteiger partial charge in [-0.05, 0) is 24.5 Å². The molecule has 3 nitrogen and oxygen atoms in total. The summed E-state index contributed by atoms with van der Waals surface area (Å²) in [7, 11) is 0. The van der Waals surface area contributed by atoms with E-state index in [1.807, 2.05) is 23.1 Å². The molecule has 0 radical (unpaired) electrons. The van der Waals surface area contributed by atoms with Crippen molar-refractivity contribution in [3.63, 3.8) is 0 Å². The number of carbonyl (C=O) groups is 1. The van der Waals surface area contributed by atoms with E-state index in [1.165, 1.54) is 16.7 Å². The highest BCUT2D eigenvalue weighted by atomic mass is 16.2. The molecule has 0 saturated carbocycles. The van der Waals surface area contributed by atoms with Crippen LogP contribution in [0.4, 0.5) is 0 Å². The van der Waals surface area contributed by atoms with Crippen LogP contribution < -0.4 is 5.73 Å². The number of likely N-dealkylation sites (tertiary alicyclic amines) is 1. The molecule has 1 amide bonds. The van der Waals surface area contributed by atoms with E-state index < -0.39 is 0 Å². The molecule has 0 aliphatic carbocycles. The highest BCUT2D eigenvalue weighted by Gasteiger charge is 2.33. The summed E-state index contributed by atoms with van der Waals surface area (Å²) in [5, 5.41) is 0. The monoisotopic (exact) mass is 308 g/mol. The zero-order chi connectivity index (χ0) is 16.2. The van der Waals surface area contributed by atoms with Gasteiger partial charge in [-0.3, -0.25) is 4.79 Å². The van der Waals surface area contributed by atoms with Crippen LogP contribution in [-0.4, -0.2) is 29.9 Å². The third-order valence-corrected chi connectivity index (χ3v) is 4.69. The molecule has 1 aliphatic rings. The Morgan fingerprint density at radius 2 is 1.78 bits per heavy atom. The average Bonchev–Trinajstić information content (AvgIpc) is 2.97. The molecular formula is C20H24N2O. The molecule has 0 unspecified atom stereocenters. The van der Waals surface area contributed by atoms with Crippen LogP contribution in [0.3, 0.4) is 0 Å². The summed E-state index contributed by atoms with van der Waals surface area (Å²) < 4.78 is 0. The van der Waals surface area contributed by atoms with Crippen LogP contribution >= 0.6 is 0 Å². The summed E-state index contributed by atoms with van der Waals surface area (Å²) in [6.45, 7) is 3.47. The van der Waals surface area contributed by atoms with E-state index in [0.29, 0.717) is 13.0 Å². The number of hydrogen-bond donors (Lipinski definition) is 1. The van der Waals surface area contributed by atoms with Crippen molar-refractivity contribution in [1.82, 2.24) is 4.90 Å². The zero-order valence-corrected chi connectivity index (χ0v) is 13.6. The van der Waals surface area contributed by atoms with E-state index in [-0.39, 0.29) is 17.9 Å². The normalized spacial score (nSPS) is 20.7. The molecule has 3 rings (SSSR count). The zero-order valence-electron chi connectivity index (χ0n) is 13.6. The molecule has 2 aromatic carbocycles. The van der Waals surface area contributed by atoms with Gasteiger partial charge in [0, 0.05) is 31.5 Å². The maximum Gasteiger partial charge on any atom is 0.222 e. The van der Waals surface area contributed by atoms with E-state index in [4.69, 9.17) is 5.73 Å². The molecule has 23 heavy (non-hydrogen) atoms. The lowest BCUT2D eigenvalue weighted by Crippen LogP contribution is -2.32. The molecule has 1 heterocycles. The summed E-state index contributed by atoms with van der Waals surface area (Å²) in [6, 6.07) is 18.7. The second-order valence-corrected chi connectivity index (χ2v) is 6.47. The molecule has 1 aliphatic heterocycles. The predicted octanol–water partition coefficient (Wildman–Crippen LogP) is 2.88. The predicted molar refractivity (Wildman–Crippen MR) is 93.2 cm³/mol. The van der Waals surface area contributed by atoms with Crippen molar-refractivity contribution in [2.45, 2.75) is 31.7 Å². The first-order valence-electron chi connectivity index (χ1n) is 8.27. The van der Waals surface area contributed by atoms with E-state index in [0.717, 1.165) is 13.0 Å². The number of aryl methyl sites for hydroxylation is 2. The summed E-state index contributed by atoms with van der Waals surface area (Å²) >= 11 is 0. The molecule has 0 bridgehead atoms. The first kappa shape index (κ1) is 15.8. The van der Waals surface area contributed by atoms with Crippen molar-refractivity contribution >= 4 is 5.91 Å². The van der Waals surface area contributed by atoms with Gasteiger partial charge in [-0.2, -0.15) is 0 Å². The Kier molecular flexibility index (Phi) is 4.77. The molecule has 120 valence electrons. The third-order valence-electron chi connectivity index (χ3n) is 4.69. The Morgan fingerprint density at radius 1 is 1.09 bits per heavy atom. The van der Waals surface area contributed by atoms with Crippen LogP contribution in [0.25, 0.3) is 0 Å². The minimum atomic E-state index is 0.0284. The fraction of sp³-hybridized carbons (Fsp3) is 0.350. The Bertz CT molecular complexity index is 651. The number of carbonyl (C=O) groups excluding carboxylic acids is 1. The van der Waals surface area contributed by atoms with Gasteiger partial charge in [-0.15, -0.1) is 0 Å². The van der Waals surface area contributed by atoms with Gasteiger partial charge in [-0.25, -0.2) is 0 Å². The van der Waals surface area contributed by atoms with Crippen molar-refractivity contribution in [1.29, 1.82) is 0 Å². The molecule has 0 spiro atoms. The van der Waals surface area contributed by atoms with Gasteiger partial charge < -0.3 is 10.6 Å². The maximum atomic E-state index is 12.5. The lowest BCUT2D eigenvalue weighted by Gasteiger charge is -2.16. The highest BCUT2D eigenvalue weighted by Crippen LogP contribution is 2.26. The molecule has 2 N–H and O–H groups in total. The first-order chi connectivity index (χ1) is 11.1. The largest absolute Gasteiger partial charge is 0.340 e. The summed E-state index contributed by atoms with van der Waals surface area (Å²) in [6.07, 6.45) is 1.35. The summed E-state index contributed by atoms with van der Waals surface area (Å²) in [5.74, 6) is 0.457. The van der Waals surface area contributed by atoms with Crippen LogP contribution in [0.2, 0.25) is 0 Å². The molecular weight excluding hydrogens is 284 g/mol. The summed E-state index contributed by atoms with van der Waals surface area (Å²) in [5.41, 5.74) is 9.96. The summed E-state index contributed by atoms with van der Waals surface area (Å²) in [4.78, 5) is 14.4.